The predicted molar refractivity (Wildman–Crippen MR) is 166 cm³/mol. The van der Waals surface area contributed by atoms with Crippen LogP contribution in [-0.4, -0.2) is 66.1 Å². The Morgan fingerprint density at radius 2 is 1.68 bits per heavy atom. The molecule has 7 rings (SSSR count). The fourth-order valence-corrected chi connectivity index (χ4v) is 7.01. The molecular weight excluding hydrogens is 557 g/mol. The highest BCUT2D eigenvalue weighted by Gasteiger charge is 2.37. The van der Waals surface area contributed by atoms with Gasteiger partial charge in [-0.15, -0.1) is 0 Å². The van der Waals surface area contributed by atoms with E-state index in [0.717, 1.165) is 73.6 Å². The third kappa shape index (κ3) is 5.72. The van der Waals surface area contributed by atoms with E-state index in [1.807, 2.05) is 24.0 Å². The largest absolute Gasteiger partial charge is 0.494 e. The van der Waals surface area contributed by atoms with E-state index in [0.29, 0.717) is 42.5 Å². The second kappa shape index (κ2) is 12.0. The highest BCUT2D eigenvalue weighted by Crippen LogP contribution is 2.47. The van der Waals surface area contributed by atoms with Crippen molar-refractivity contribution in [2.45, 2.75) is 76.3 Å². The van der Waals surface area contributed by atoms with Crippen molar-refractivity contribution in [1.82, 2.24) is 14.8 Å². The summed E-state index contributed by atoms with van der Waals surface area (Å²) in [7, 11) is 1.38. The number of likely N-dealkylation sites (tertiary alicyclic amines) is 1. The van der Waals surface area contributed by atoms with Crippen molar-refractivity contribution in [3.63, 3.8) is 0 Å². The van der Waals surface area contributed by atoms with E-state index in [4.69, 9.17) is 14.5 Å². The molecule has 8 heteroatoms. The lowest BCUT2D eigenvalue weighted by Gasteiger charge is -2.40. The average Bonchev–Trinajstić information content (AvgIpc) is 3.96. The normalized spacial score (nSPS) is 19.2. The van der Waals surface area contributed by atoms with Gasteiger partial charge in [0.2, 0.25) is 0 Å². The zero-order valence-corrected chi connectivity index (χ0v) is 25.6. The quantitative estimate of drug-likeness (QED) is 0.263. The topological polar surface area (TPSA) is 72.0 Å². The number of hydrogen-bond acceptors (Lipinski definition) is 6. The third-order valence-corrected chi connectivity index (χ3v) is 9.68. The minimum Gasteiger partial charge on any atom is -0.494 e. The molecule has 2 aromatic carbocycles. The van der Waals surface area contributed by atoms with E-state index in [1.54, 1.807) is 6.07 Å². The van der Waals surface area contributed by atoms with E-state index in [1.165, 1.54) is 43.2 Å². The molecule has 2 aliphatic heterocycles. The molecule has 1 aromatic heterocycles. The number of halogens is 1. The van der Waals surface area contributed by atoms with Crippen LogP contribution in [0.3, 0.4) is 0 Å². The summed E-state index contributed by atoms with van der Waals surface area (Å²) < 4.78 is 24.8. The van der Waals surface area contributed by atoms with E-state index in [9.17, 15) is 14.0 Å². The number of amides is 1. The van der Waals surface area contributed by atoms with E-state index >= 15 is 0 Å². The van der Waals surface area contributed by atoms with Gasteiger partial charge >= 0.3 is 5.97 Å². The molecule has 1 saturated heterocycles. The SMILES string of the molecule is CCOc1cc(-c2ccc(F)cc2)c(C2CC2)cc1CN1CCC(N2CCc3nc(C4CC4)c(C(=O)OC)cc3C2=O)CC1. The lowest BCUT2D eigenvalue weighted by molar-refractivity contribution is 0.0542. The molecule has 0 unspecified atom stereocenters. The molecule has 7 nitrogen and oxygen atoms in total. The van der Waals surface area contributed by atoms with Crippen LogP contribution in [0.5, 0.6) is 5.75 Å². The Hall–Kier alpha value is -3.78. The first kappa shape index (κ1) is 29.0. The fourth-order valence-electron chi connectivity index (χ4n) is 7.01. The molecule has 3 heterocycles. The van der Waals surface area contributed by atoms with Gasteiger partial charge in [0.15, 0.2) is 0 Å². The molecule has 0 spiro atoms. The third-order valence-electron chi connectivity index (χ3n) is 9.68. The number of carbonyl (C=O) groups excluding carboxylic acids is 2. The molecule has 2 aliphatic carbocycles. The molecule has 230 valence electrons. The van der Waals surface area contributed by atoms with E-state index in [2.05, 4.69) is 17.0 Å². The summed E-state index contributed by atoms with van der Waals surface area (Å²) in [4.78, 5) is 35.6. The first-order valence-corrected chi connectivity index (χ1v) is 16.1. The lowest BCUT2D eigenvalue weighted by atomic mass is 9.93. The van der Waals surface area contributed by atoms with Gasteiger partial charge in [-0.1, -0.05) is 12.1 Å². The maximum Gasteiger partial charge on any atom is 0.339 e. The van der Waals surface area contributed by atoms with Crippen LogP contribution in [0, 0.1) is 5.82 Å². The Morgan fingerprint density at radius 1 is 0.955 bits per heavy atom. The van der Waals surface area contributed by atoms with Crippen molar-refractivity contribution in [2.75, 3.05) is 33.4 Å². The number of rotatable bonds is 9. The molecule has 0 atom stereocenters. The number of hydrogen-bond donors (Lipinski definition) is 0. The lowest BCUT2D eigenvalue weighted by Crippen LogP contribution is -2.50. The van der Waals surface area contributed by atoms with Crippen LogP contribution >= 0.6 is 0 Å². The summed E-state index contributed by atoms with van der Waals surface area (Å²) in [6.45, 7) is 5.81. The zero-order chi connectivity index (χ0) is 30.4. The van der Waals surface area contributed by atoms with Crippen LogP contribution in [0.25, 0.3) is 11.1 Å². The maximum atomic E-state index is 13.7. The molecular formula is C36H40FN3O4. The Balaban J connectivity index is 1.06. The Morgan fingerprint density at radius 3 is 2.34 bits per heavy atom. The van der Waals surface area contributed by atoms with E-state index in [-0.39, 0.29) is 17.8 Å². The van der Waals surface area contributed by atoms with Gasteiger partial charge in [-0.05, 0) is 98.4 Å². The molecule has 4 aliphatic rings. The second-order valence-corrected chi connectivity index (χ2v) is 12.7. The number of piperidine rings is 1. The summed E-state index contributed by atoms with van der Waals surface area (Å²) in [6, 6.07) is 13.1. The summed E-state index contributed by atoms with van der Waals surface area (Å²) in [5.74, 6) is 1.07. The van der Waals surface area contributed by atoms with Gasteiger partial charge in [0, 0.05) is 50.1 Å². The summed E-state index contributed by atoms with van der Waals surface area (Å²) in [6.07, 6.45) is 6.92. The number of pyridine rings is 1. The number of ether oxygens (including phenoxy) is 2. The maximum absolute atomic E-state index is 13.7. The molecule has 1 amide bonds. The van der Waals surface area contributed by atoms with Crippen LogP contribution in [0.4, 0.5) is 4.39 Å². The molecule has 2 saturated carbocycles. The summed E-state index contributed by atoms with van der Waals surface area (Å²) in [5, 5.41) is 0. The van der Waals surface area contributed by atoms with Crippen molar-refractivity contribution >= 4 is 11.9 Å². The average molecular weight is 598 g/mol. The van der Waals surface area contributed by atoms with Crippen molar-refractivity contribution in [1.29, 1.82) is 0 Å². The number of methoxy groups -OCH3 is 1. The minimum atomic E-state index is -0.414. The molecule has 0 N–H and O–H groups in total. The molecule has 3 aromatic rings. The first-order valence-electron chi connectivity index (χ1n) is 16.1. The van der Waals surface area contributed by atoms with Crippen LogP contribution in [0.2, 0.25) is 0 Å². The van der Waals surface area contributed by atoms with Crippen LogP contribution in [0.15, 0.2) is 42.5 Å². The minimum absolute atomic E-state index is 0.0196. The van der Waals surface area contributed by atoms with Crippen molar-refractivity contribution < 1.29 is 23.5 Å². The number of benzene rings is 2. The van der Waals surface area contributed by atoms with Gasteiger partial charge in [0.1, 0.15) is 11.6 Å². The Labute approximate surface area is 258 Å². The standard InChI is InChI=1S/C36H40FN3O4/c1-3-44-33-20-29(23-8-10-26(37)11-9-23)28(22-4-5-22)18-25(33)21-39-15-12-27(13-16-39)40-17-14-32-30(35(40)41)19-31(36(42)43-2)34(38-32)24-6-7-24/h8-11,18-20,22,24,27H,3-7,12-17,21H2,1-2H3. The van der Waals surface area contributed by atoms with Gasteiger partial charge < -0.3 is 14.4 Å². The van der Waals surface area contributed by atoms with Crippen LogP contribution in [-0.2, 0) is 17.7 Å². The number of fused-ring (bicyclic) bond motifs is 1. The van der Waals surface area contributed by atoms with Gasteiger partial charge in [-0.25, -0.2) is 9.18 Å². The van der Waals surface area contributed by atoms with Gasteiger partial charge in [0.25, 0.3) is 5.91 Å². The predicted octanol–water partition coefficient (Wildman–Crippen LogP) is 6.49. The number of carbonyl (C=O) groups is 2. The van der Waals surface area contributed by atoms with Gasteiger partial charge in [-0.2, -0.15) is 0 Å². The summed E-state index contributed by atoms with van der Waals surface area (Å²) in [5.41, 5.74) is 7.28. The highest BCUT2D eigenvalue weighted by atomic mass is 19.1. The fraction of sp³-hybridized carbons (Fsp3) is 0.472. The van der Waals surface area contributed by atoms with Crippen molar-refractivity contribution in [3.05, 3.63) is 81.9 Å². The Bertz CT molecular complexity index is 1570. The first-order chi connectivity index (χ1) is 21.4. The highest BCUT2D eigenvalue weighted by molar-refractivity contribution is 6.00. The Kier molecular flexibility index (Phi) is 7.87. The number of aromatic nitrogens is 1. The molecule has 0 radical (unpaired) electrons. The summed E-state index contributed by atoms with van der Waals surface area (Å²) >= 11 is 0. The zero-order valence-electron chi connectivity index (χ0n) is 25.6. The van der Waals surface area contributed by atoms with Gasteiger partial charge in [-0.3, -0.25) is 14.7 Å². The van der Waals surface area contributed by atoms with Crippen LogP contribution in [0.1, 0.15) is 101 Å². The van der Waals surface area contributed by atoms with Crippen molar-refractivity contribution in [3.8, 4) is 16.9 Å². The number of nitrogens with zero attached hydrogens (tertiary/aromatic N) is 3. The van der Waals surface area contributed by atoms with Crippen molar-refractivity contribution in [2.24, 2.45) is 0 Å². The molecule has 3 fully saturated rings. The van der Waals surface area contributed by atoms with Gasteiger partial charge in [0.05, 0.1) is 36.2 Å². The second-order valence-electron chi connectivity index (χ2n) is 12.7. The van der Waals surface area contributed by atoms with E-state index < -0.39 is 5.97 Å². The van der Waals surface area contributed by atoms with Crippen LogP contribution < -0.4 is 4.74 Å². The smallest absolute Gasteiger partial charge is 0.339 e. The number of esters is 1. The molecule has 0 bridgehead atoms. The molecule has 44 heavy (non-hydrogen) atoms. The monoisotopic (exact) mass is 597 g/mol.